The van der Waals surface area contributed by atoms with E-state index in [1.807, 2.05) is 20.8 Å². The zero-order valence-corrected chi connectivity index (χ0v) is 40.3. The summed E-state index contributed by atoms with van der Waals surface area (Å²) in [5.74, 6) is -0.725. The number of carbonyl (C=O) groups excluding carboxylic acids is 3. The summed E-state index contributed by atoms with van der Waals surface area (Å²) in [5.41, 5.74) is 5.07. The van der Waals surface area contributed by atoms with Gasteiger partial charge >= 0.3 is 6.09 Å². The van der Waals surface area contributed by atoms with Gasteiger partial charge in [0, 0.05) is 87.2 Å². The number of thiophene rings is 2. The van der Waals surface area contributed by atoms with Crippen LogP contribution in [0.15, 0.2) is 36.4 Å². The van der Waals surface area contributed by atoms with E-state index in [1.165, 1.54) is 68.7 Å². The summed E-state index contributed by atoms with van der Waals surface area (Å²) in [6.45, 7) is 11.8. The van der Waals surface area contributed by atoms with Gasteiger partial charge in [-0.1, -0.05) is 0 Å². The van der Waals surface area contributed by atoms with Gasteiger partial charge in [-0.05, 0) is 87.7 Å². The van der Waals surface area contributed by atoms with E-state index in [2.05, 4.69) is 26.6 Å². The Morgan fingerprint density at radius 2 is 1.26 bits per heavy atom. The molecule has 3 amide bonds. The molecule has 20 heteroatoms. The number of ether oxygens (including phenoxy) is 3. The van der Waals surface area contributed by atoms with Crippen LogP contribution in [-0.4, -0.2) is 105 Å². The molecule has 5 N–H and O–H groups in total. The normalized spacial score (nSPS) is 13.6. The first-order valence-corrected chi connectivity index (χ1v) is 24.7. The summed E-state index contributed by atoms with van der Waals surface area (Å²) in [6, 6.07) is 9.18. The summed E-state index contributed by atoms with van der Waals surface area (Å²) in [7, 11) is 3.29. The van der Waals surface area contributed by atoms with Crippen molar-refractivity contribution in [2.75, 3.05) is 77.3 Å². The molecule has 0 radical (unpaired) electrons. The highest BCUT2D eigenvalue weighted by molar-refractivity contribution is 7.23. The molecule has 0 saturated carbocycles. The molecule has 6 aromatic rings. The molecule has 2 aliphatic rings. The van der Waals surface area contributed by atoms with E-state index >= 15 is 0 Å². The number of methoxy groups -OCH3 is 2. The van der Waals surface area contributed by atoms with Gasteiger partial charge in [-0.3, -0.25) is 9.59 Å². The lowest BCUT2D eigenvalue weighted by atomic mass is 10.0. The fraction of sp³-hybridized carbons (Fsp3) is 0.444. The van der Waals surface area contributed by atoms with Crippen LogP contribution in [0.2, 0.25) is 0 Å². The molecule has 348 valence electrons. The molecular weight excluding hydrogens is 915 g/mol. The van der Waals surface area contributed by atoms with Gasteiger partial charge in [-0.25, -0.2) is 23.5 Å². The average molecular weight is 969 g/mol. The predicted molar refractivity (Wildman–Crippen MR) is 258 cm³/mol. The highest BCUT2D eigenvalue weighted by atomic mass is 32.1. The molecule has 0 atom stereocenters. The number of carbonyl (C=O) groups is 3. The second-order valence-electron chi connectivity index (χ2n) is 16.3. The van der Waals surface area contributed by atoms with Gasteiger partial charge in [0.05, 0.1) is 40.2 Å². The molecule has 0 saturated heterocycles. The lowest BCUT2D eigenvalue weighted by Gasteiger charge is -2.30. The fourth-order valence-electron chi connectivity index (χ4n) is 7.24. The quantitative estimate of drug-likeness (QED) is 0.0591. The van der Waals surface area contributed by atoms with Gasteiger partial charge in [-0.15, -0.1) is 45.3 Å². The van der Waals surface area contributed by atoms with Crippen molar-refractivity contribution in [1.82, 2.24) is 30.8 Å². The Morgan fingerprint density at radius 1 is 0.738 bits per heavy atom. The highest BCUT2D eigenvalue weighted by Gasteiger charge is 2.32. The van der Waals surface area contributed by atoms with Gasteiger partial charge in [0.25, 0.3) is 0 Å². The van der Waals surface area contributed by atoms with Crippen molar-refractivity contribution < 1.29 is 37.4 Å². The van der Waals surface area contributed by atoms with Crippen molar-refractivity contribution in [3.05, 3.63) is 68.9 Å². The zero-order valence-electron chi connectivity index (χ0n) is 37.0. The number of rotatable bonds is 16. The lowest BCUT2D eigenvalue weighted by molar-refractivity contribution is -0.116. The van der Waals surface area contributed by atoms with Crippen LogP contribution in [0, 0.1) is 11.6 Å². The molecule has 0 fully saturated rings. The van der Waals surface area contributed by atoms with E-state index in [-0.39, 0.29) is 29.5 Å². The van der Waals surface area contributed by atoms with Crippen LogP contribution in [0.4, 0.5) is 23.6 Å². The molecule has 0 bridgehead atoms. The number of aromatic nitrogens is 2. The maximum atomic E-state index is 13.8. The number of nitrogens with zero attached hydrogens (tertiary/aromatic N) is 3. The summed E-state index contributed by atoms with van der Waals surface area (Å²) >= 11 is 5.92. The number of benzene rings is 2. The second kappa shape index (κ2) is 22.3. The molecule has 0 unspecified atom stereocenters. The molecule has 4 aromatic heterocycles. The van der Waals surface area contributed by atoms with Crippen molar-refractivity contribution >= 4 is 93.7 Å². The summed E-state index contributed by atoms with van der Waals surface area (Å²) in [5, 5.41) is 19.0. The van der Waals surface area contributed by atoms with Crippen LogP contribution in [0.5, 0.6) is 0 Å². The first-order valence-electron chi connectivity index (χ1n) is 21.4. The second-order valence-corrected chi connectivity index (χ2v) is 20.6. The Labute approximate surface area is 392 Å². The van der Waals surface area contributed by atoms with Gasteiger partial charge in [-0.2, -0.15) is 0 Å². The Hall–Kier alpha value is -4.51. The fourth-order valence-corrected chi connectivity index (χ4v) is 12.0. The molecule has 2 aliphatic heterocycles. The number of halogens is 2. The number of fused-ring (bicyclic) bond motifs is 4. The van der Waals surface area contributed by atoms with Crippen LogP contribution in [0.25, 0.3) is 41.6 Å². The van der Waals surface area contributed by atoms with Crippen molar-refractivity contribution in [3.8, 4) is 21.1 Å². The molecule has 6 heterocycles. The van der Waals surface area contributed by atoms with Crippen molar-refractivity contribution in [1.29, 1.82) is 0 Å². The molecule has 8 rings (SSSR count). The standard InChI is InChI=1S/C25H31FN4O4S2.C20H23FN4O2S2/c1-25(2,3)34-24(32)30-11-8-16-19(14-30)36-23(29-20(31)7-9-27-10-12-33-4)21(16)22-28-17-6-5-15(26)13-18(17)35-22;1-27-9-8-22-7-5-17(26)25-20-18(13-4-6-23-11-16(13)29-20)19-24-14-3-2-12(21)10-15(14)28-19/h5-6,13,27H,7-12,14H2,1-4H3,(H,29,31);2-3,10,22-23H,4-9,11H2,1H3,(H,25,26). The molecule has 2 aromatic carbocycles. The maximum Gasteiger partial charge on any atom is 0.410 e. The van der Waals surface area contributed by atoms with E-state index in [0.29, 0.717) is 75.7 Å². The van der Waals surface area contributed by atoms with Crippen molar-refractivity contribution in [3.63, 3.8) is 0 Å². The minimum Gasteiger partial charge on any atom is -0.444 e. The summed E-state index contributed by atoms with van der Waals surface area (Å²) < 4.78 is 44.5. The molecule has 0 aliphatic carbocycles. The van der Waals surface area contributed by atoms with E-state index in [1.54, 1.807) is 42.6 Å². The first kappa shape index (κ1) is 48.4. The minimum absolute atomic E-state index is 0.0325. The smallest absolute Gasteiger partial charge is 0.410 e. The van der Waals surface area contributed by atoms with Gasteiger partial charge < -0.3 is 45.7 Å². The largest absolute Gasteiger partial charge is 0.444 e. The highest BCUT2D eigenvalue weighted by Crippen LogP contribution is 2.47. The van der Waals surface area contributed by atoms with E-state index < -0.39 is 5.60 Å². The van der Waals surface area contributed by atoms with E-state index in [4.69, 9.17) is 24.2 Å². The van der Waals surface area contributed by atoms with Crippen LogP contribution in [0.3, 0.4) is 0 Å². The lowest BCUT2D eigenvalue weighted by Crippen LogP contribution is -2.39. The van der Waals surface area contributed by atoms with Gasteiger partial charge in [0.15, 0.2) is 0 Å². The third-order valence-corrected chi connectivity index (χ3v) is 14.6. The van der Waals surface area contributed by atoms with Gasteiger partial charge in [0.1, 0.15) is 37.3 Å². The summed E-state index contributed by atoms with van der Waals surface area (Å²) in [4.78, 5) is 51.3. The van der Waals surface area contributed by atoms with Gasteiger partial charge in [0.2, 0.25) is 11.8 Å². The van der Waals surface area contributed by atoms with Crippen LogP contribution >= 0.6 is 45.3 Å². The number of anilines is 2. The average Bonchev–Trinajstić information content (AvgIpc) is 4.04. The van der Waals surface area contributed by atoms with E-state index in [9.17, 15) is 23.2 Å². The van der Waals surface area contributed by atoms with Crippen molar-refractivity contribution in [2.45, 2.75) is 65.1 Å². The summed E-state index contributed by atoms with van der Waals surface area (Å²) in [6.07, 6.45) is 1.83. The predicted octanol–water partition coefficient (Wildman–Crippen LogP) is 8.40. The third-order valence-electron chi connectivity index (χ3n) is 10.3. The Balaban J connectivity index is 0.000000198. The molecular formula is C45H54F2N8O6S4. The topological polar surface area (TPSA) is 168 Å². The Morgan fingerprint density at radius 3 is 1.78 bits per heavy atom. The van der Waals surface area contributed by atoms with Crippen molar-refractivity contribution in [2.24, 2.45) is 0 Å². The number of hydrogen-bond donors (Lipinski definition) is 5. The third kappa shape index (κ3) is 12.7. The molecule has 14 nitrogen and oxygen atoms in total. The number of thiazole rings is 2. The number of amides is 3. The molecule has 0 spiro atoms. The Bertz CT molecular complexity index is 2620. The van der Waals surface area contributed by atoms with E-state index in [0.717, 1.165) is 77.6 Å². The Kier molecular flexibility index (Phi) is 16.6. The van der Waals surface area contributed by atoms with Crippen LogP contribution in [0.1, 0.15) is 54.5 Å². The van der Waals surface area contributed by atoms with Crippen LogP contribution in [-0.2, 0) is 49.7 Å². The minimum atomic E-state index is -0.579. The first-order chi connectivity index (χ1) is 31.3. The zero-order chi connectivity index (χ0) is 46.1. The number of nitrogens with one attached hydrogen (secondary N) is 5. The SMILES string of the molecule is COCCNCCC(=O)Nc1sc2c(c1-c1nc3ccc(F)cc3s1)CCN(C(=O)OC(C)(C)C)C2.COCCNCCC(=O)Nc1sc2c(c1-c1nc3ccc(F)cc3s1)CCNC2. The number of hydrogen-bond acceptors (Lipinski definition) is 15. The molecule has 65 heavy (non-hydrogen) atoms. The van der Waals surface area contributed by atoms with Crippen LogP contribution < -0.4 is 26.6 Å². The maximum absolute atomic E-state index is 13.8. The monoisotopic (exact) mass is 968 g/mol.